The van der Waals surface area contributed by atoms with Crippen LogP contribution in [0.1, 0.15) is 30.4 Å². The van der Waals surface area contributed by atoms with Crippen LogP contribution in [0.3, 0.4) is 0 Å². The summed E-state index contributed by atoms with van der Waals surface area (Å²) in [4.78, 5) is 23.0. The van der Waals surface area contributed by atoms with Crippen molar-refractivity contribution < 1.29 is 23.1 Å². The molecule has 0 spiro atoms. The van der Waals surface area contributed by atoms with E-state index >= 15 is 0 Å². The van der Waals surface area contributed by atoms with E-state index in [-0.39, 0.29) is 24.4 Å². The van der Waals surface area contributed by atoms with Gasteiger partial charge in [0.15, 0.2) is 0 Å². The van der Waals surface area contributed by atoms with Gasteiger partial charge in [-0.15, -0.1) is 0 Å². The molecule has 0 aromatic heterocycles. The van der Waals surface area contributed by atoms with Crippen LogP contribution in [0.4, 0.5) is 0 Å². The fraction of sp³-hybridized carbons (Fsp3) is 0.500. The number of benzene rings is 1. The maximum atomic E-state index is 13.0. The minimum absolute atomic E-state index is 0.0301. The molecule has 7 nitrogen and oxygen atoms in total. The Hall–Kier alpha value is -1.64. The summed E-state index contributed by atoms with van der Waals surface area (Å²) in [7, 11) is -3.85. The molecule has 1 fully saturated rings. The summed E-state index contributed by atoms with van der Waals surface area (Å²) in [5.74, 6) is -1.49. The highest BCUT2D eigenvalue weighted by Crippen LogP contribution is 2.30. The van der Waals surface area contributed by atoms with Crippen LogP contribution in [0.25, 0.3) is 0 Å². The van der Waals surface area contributed by atoms with Gasteiger partial charge in [0.05, 0.1) is 11.3 Å². The first-order chi connectivity index (χ1) is 11.6. The molecule has 25 heavy (non-hydrogen) atoms. The highest BCUT2D eigenvalue weighted by atomic mass is 35.5. The fourth-order valence-corrected chi connectivity index (χ4v) is 5.03. The molecule has 0 aliphatic carbocycles. The number of aliphatic carboxylic acids is 1. The van der Waals surface area contributed by atoms with Gasteiger partial charge in [-0.05, 0) is 49.9 Å². The molecule has 1 amide bonds. The maximum absolute atomic E-state index is 13.0. The fourth-order valence-electron chi connectivity index (χ4n) is 2.86. The number of aryl methyl sites for hydroxylation is 2. The van der Waals surface area contributed by atoms with Crippen molar-refractivity contribution in [2.75, 3.05) is 13.1 Å². The SMILES string of the molecule is Cc1cc(S(=O)(=O)N2CCCC2C(=O)NCCC(=O)O)c(C)cc1Cl. The van der Waals surface area contributed by atoms with Gasteiger partial charge in [-0.2, -0.15) is 4.31 Å². The van der Waals surface area contributed by atoms with Gasteiger partial charge in [0, 0.05) is 18.1 Å². The summed E-state index contributed by atoms with van der Waals surface area (Å²) >= 11 is 6.04. The van der Waals surface area contributed by atoms with Gasteiger partial charge in [-0.1, -0.05) is 11.6 Å². The number of amides is 1. The molecule has 0 bridgehead atoms. The van der Waals surface area contributed by atoms with Gasteiger partial charge in [0.25, 0.3) is 0 Å². The smallest absolute Gasteiger partial charge is 0.305 e. The number of carbonyl (C=O) groups is 2. The first kappa shape index (κ1) is 19.7. The molecule has 2 rings (SSSR count). The van der Waals surface area contributed by atoms with Crippen LogP contribution in [0.2, 0.25) is 5.02 Å². The standard InChI is InChI=1S/C16H21ClN2O5S/c1-10-9-14(11(2)8-12(10)17)25(23,24)19-7-3-4-13(19)16(22)18-6-5-15(20)21/h8-9,13H,3-7H2,1-2H3,(H,18,22)(H,20,21). The van der Waals surface area contributed by atoms with E-state index < -0.39 is 27.9 Å². The van der Waals surface area contributed by atoms with Crippen molar-refractivity contribution in [3.63, 3.8) is 0 Å². The molecular weight excluding hydrogens is 368 g/mol. The minimum atomic E-state index is -3.85. The van der Waals surface area contributed by atoms with Crippen LogP contribution in [-0.2, 0) is 19.6 Å². The molecule has 1 atom stereocenters. The third-order valence-corrected chi connectivity index (χ3v) is 6.64. The van der Waals surface area contributed by atoms with E-state index in [0.29, 0.717) is 29.0 Å². The highest BCUT2D eigenvalue weighted by Gasteiger charge is 2.40. The molecule has 1 heterocycles. The zero-order valence-electron chi connectivity index (χ0n) is 14.1. The zero-order chi connectivity index (χ0) is 18.8. The molecule has 9 heteroatoms. The molecule has 1 aromatic carbocycles. The average Bonchev–Trinajstić information content (AvgIpc) is 3.00. The summed E-state index contributed by atoms with van der Waals surface area (Å²) in [6, 6.07) is 2.29. The predicted molar refractivity (Wildman–Crippen MR) is 93.1 cm³/mol. The maximum Gasteiger partial charge on any atom is 0.305 e. The second-order valence-electron chi connectivity index (χ2n) is 6.08. The summed E-state index contributed by atoms with van der Waals surface area (Å²) in [6.45, 7) is 3.61. The zero-order valence-corrected chi connectivity index (χ0v) is 15.7. The van der Waals surface area contributed by atoms with Gasteiger partial charge < -0.3 is 10.4 Å². The Labute approximate surface area is 152 Å². The van der Waals surface area contributed by atoms with Crippen molar-refractivity contribution in [3.8, 4) is 0 Å². The normalized spacial score (nSPS) is 18.3. The van der Waals surface area contributed by atoms with E-state index in [1.54, 1.807) is 19.9 Å². The van der Waals surface area contributed by atoms with Gasteiger partial charge in [0.2, 0.25) is 15.9 Å². The number of hydrogen-bond acceptors (Lipinski definition) is 4. The second-order valence-corrected chi connectivity index (χ2v) is 8.34. The van der Waals surface area contributed by atoms with Gasteiger partial charge in [0.1, 0.15) is 6.04 Å². The Bertz CT molecular complexity index is 794. The summed E-state index contributed by atoms with van der Waals surface area (Å²) in [6.07, 6.45) is 0.770. The van der Waals surface area contributed by atoms with E-state index in [9.17, 15) is 18.0 Å². The Morgan fingerprint density at radius 1 is 1.32 bits per heavy atom. The molecule has 1 aliphatic rings. The van der Waals surface area contributed by atoms with E-state index in [1.165, 1.54) is 10.4 Å². The molecular formula is C16H21ClN2O5S. The quantitative estimate of drug-likeness (QED) is 0.771. The number of rotatable bonds is 6. The molecule has 138 valence electrons. The molecule has 0 saturated carbocycles. The summed E-state index contributed by atoms with van der Waals surface area (Å²) in [5.41, 5.74) is 1.17. The molecule has 0 radical (unpaired) electrons. The first-order valence-corrected chi connectivity index (χ1v) is 9.74. The third-order valence-electron chi connectivity index (χ3n) is 4.19. The van der Waals surface area contributed by atoms with Gasteiger partial charge >= 0.3 is 5.97 Å². The lowest BCUT2D eigenvalue weighted by Crippen LogP contribution is -2.46. The van der Waals surface area contributed by atoms with Crippen LogP contribution in [-0.4, -0.2) is 48.8 Å². The monoisotopic (exact) mass is 388 g/mol. The minimum Gasteiger partial charge on any atom is -0.481 e. The topological polar surface area (TPSA) is 104 Å². The second kappa shape index (κ2) is 7.72. The van der Waals surface area contributed by atoms with Crippen LogP contribution in [0, 0.1) is 13.8 Å². The molecule has 2 N–H and O–H groups in total. The van der Waals surface area contributed by atoms with Crippen LogP contribution < -0.4 is 5.32 Å². The van der Waals surface area contributed by atoms with Crippen molar-refractivity contribution in [1.29, 1.82) is 0 Å². The third kappa shape index (κ3) is 4.31. The van der Waals surface area contributed by atoms with Crippen molar-refractivity contribution in [2.24, 2.45) is 0 Å². The Morgan fingerprint density at radius 2 is 2.00 bits per heavy atom. The number of carbonyl (C=O) groups excluding carboxylic acids is 1. The van der Waals surface area contributed by atoms with E-state index in [4.69, 9.17) is 16.7 Å². The van der Waals surface area contributed by atoms with Gasteiger partial charge in [-0.25, -0.2) is 8.42 Å². The Morgan fingerprint density at radius 3 is 2.64 bits per heavy atom. The van der Waals surface area contributed by atoms with Crippen molar-refractivity contribution >= 4 is 33.5 Å². The number of nitrogens with one attached hydrogen (secondary N) is 1. The largest absolute Gasteiger partial charge is 0.481 e. The molecule has 1 saturated heterocycles. The number of hydrogen-bond donors (Lipinski definition) is 2. The van der Waals surface area contributed by atoms with Crippen LogP contribution >= 0.6 is 11.6 Å². The summed E-state index contributed by atoms with van der Waals surface area (Å²) < 4.78 is 27.2. The molecule has 1 aliphatic heterocycles. The van der Waals surface area contributed by atoms with Crippen LogP contribution in [0.15, 0.2) is 17.0 Å². The predicted octanol–water partition coefficient (Wildman–Crippen LogP) is 1.70. The number of halogens is 1. The average molecular weight is 389 g/mol. The van der Waals surface area contributed by atoms with E-state index in [1.807, 2.05) is 0 Å². The molecule has 1 unspecified atom stereocenters. The van der Waals surface area contributed by atoms with Crippen molar-refractivity contribution in [1.82, 2.24) is 9.62 Å². The number of carboxylic acid groups (broad SMARTS) is 1. The first-order valence-electron chi connectivity index (χ1n) is 7.92. The Balaban J connectivity index is 2.24. The van der Waals surface area contributed by atoms with Crippen molar-refractivity contribution in [3.05, 3.63) is 28.3 Å². The Kier molecular flexibility index (Phi) is 6.08. The lowest BCUT2D eigenvalue weighted by molar-refractivity contribution is -0.137. The number of sulfonamides is 1. The van der Waals surface area contributed by atoms with Gasteiger partial charge in [-0.3, -0.25) is 9.59 Å². The lowest BCUT2D eigenvalue weighted by Gasteiger charge is -2.24. The van der Waals surface area contributed by atoms with E-state index in [0.717, 1.165) is 0 Å². The summed E-state index contributed by atoms with van der Waals surface area (Å²) in [5, 5.41) is 11.6. The number of carboxylic acids is 1. The van der Waals surface area contributed by atoms with Crippen LogP contribution in [0.5, 0.6) is 0 Å². The number of nitrogens with zero attached hydrogens (tertiary/aromatic N) is 1. The van der Waals surface area contributed by atoms with E-state index in [2.05, 4.69) is 5.32 Å². The lowest BCUT2D eigenvalue weighted by atomic mass is 10.2. The van der Waals surface area contributed by atoms with Crippen molar-refractivity contribution in [2.45, 2.75) is 44.0 Å². The highest BCUT2D eigenvalue weighted by molar-refractivity contribution is 7.89. The molecule has 1 aromatic rings.